The minimum Gasteiger partial charge on any atom is -0.318 e. The van der Waals surface area contributed by atoms with E-state index in [1.165, 1.54) is 12.1 Å². The lowest BCUT2D eigenvalue weighted by molar-refractivity contribution is -0.119. The van der Waals surface area contributed by atoms with E-state index in [-0.39, 0.29) is 4.90 Å². The van der Waals surface area contributed by atoms with E-state index < -0.39 is 22.5 Å². The number of halogens is 2. The van der Waals surface area contributed by atoms with Gasteiger partial charge >= 0.3 is 0 Å². The molecule has 1 N–H and O–H groups in total. The van der Waals surface area contributed by atoms with Crippen molar-refractivity contribution in [2.75, 3.05) is 10.8 Å². The molecule has 7 nitrogen and oxygen atoms in total. The minimum absolute atomic E-state index is 0.0906. The van der Waals surface area contributed by atoms with Crippen LogP contribution in [0.3, 0.4) is 0 Å². The first-order valence-electron chi connectivity index (χ1n) is 11.7. The van der Waals surface area contributed by atoms with Gasteiger partial charge in [-0.2, -0.15) is 5.10 Å². The van der Waals surface area contributed by atoms with E-state index in [0.717, 1.165) is 32.5 Å². The molecule has 0 atom stereocenters. The van der Waals surface area contributed by atoms with Crippen LogP contribution in [-0.2, 0) is 14.8 Å². The number of amides is 1. The largest absolute Gasteiger partial charge is 0.318 e. The van der Waals surface area contributed by atoms with Crippen LogP contribution >= 0.6 is 27.5 Å². The number of carbonyl (C=O) groups excluding carboxylic acids is 1. The number of nitrogens with one attached hydrogen (secondary N) is 1. The quantitative estimate of drug-likeness (QED) is 0.191. The highest BCUT2D eigenvalue weighted by Crippen LogP contribution is 2.26. The number of aryl methyl sites for hydroxylation is 2. The second-order valence-electron chi connectivity index (χ2n) is 8.74. The van der Waals surface area contributed by atoms with Crippen LogP contribution in [0, 0.1) is 20.8 Å². The molecular weight excluding hydrogens is 588 g/mol. The zero-order valence-electron chi connectivity index (χ0n) is 21.0. The molecule has 3 aromatic carbocycles. The Morgan fingerprint density at radius 1 is 1.03 bits per heavy atom. The van der Waals surface area contributed by atoms with Crippen molar-refractivity contribution in [2.24, 2.45) is 5.10 Å². The average molecular weight is 614 g/mol. The van der Waals surface area contributed by atoms with E-state index in [1.807, 2.05) is 55.7 Å². The molecule has 4 aromatic rings. The first-order valence-corrected chi connectivity index (χ1v) is 14.3. The normalized spacial score (nSPS) is 11.6. The molecule has 196 valence electrons. The molecule has 0 aliphatic carbocycles. The molecule has 1 amide bonds. The van der Waals surface area contributed by atoms with E-state index in [0.29, 0.717) is 15.2 Å². The smallest absolute Gasteiger partial charge is 0.264 e. The van der Waals surface area contributed by atoms with Crippen LogP contribution in [0.5, 0.6) is 0 Å². The van der Waals surface area contributed by atoms with Gasteiger partial charge in [-0.25, -0.2) is 13.8 Å². The van der Waals surface area contributed by atoms with Crippen molar-refractivity contribution in [1.82, 2.24) is 9.99 Å². The summed E-state index contributed by atoms with van der Waals surface area (Å²) in [4.78, 5) is 13.0. The van der Waals surface area contributed by atoms with Gasteiger partial charge in [0, 0.05) is 32.1 Å². The summed E-state index contributed by atoms with van der Waals surface area (Å²) in [5.74, 6) is -0.583. The van der Waals surface area contributed by atoms with E-state index in [4.69, 9.17) is 11.6 Å². The monoisotopic (exact) mass is 612 g/mol. The lowest BCUT2D eigenvalue weighted by Gasteiger charge is -2.24. The third-order valence-corrected chi connectivity index (χ3v) is 8.44. The molecule has 38 heavy (non-hydrogen) atoms. The van der Waals surface area contributed by atoms with E-state index in [9.17, 15) is 13.2 Å². The van der Waals surface area contributed by atoms with Crippen LogP contribution in [0.4, 0.5) is 5.69 Å². The summed E-state index contributed by atoms with van der Waals surface area (Å²) in [6, 6.07) is 22.7. The van der Waals surface area contributed by atoms with Gasteiger partial charge in [0.15, 0.2) is 0 Å². The zero-order chi connectivity index (χ0) is 27.4. The fraction of sp³-hybridized carbons (Fsp3) is 0.143. The fourth-order valence-electron chi connectivity index (χ4n) is 4.05. The van der Waals surface area contributed by atoms with Gasteiger partial charge in [-0.1, -0.05) is 57.4 Å². The molecule has 1 heterocycles. The molecule has 0 saturated heterocycles. The number of carbonyl (C=O) groups is 1. The number of aromatic nitrogens is 1. The van der Waals surface area contributed by atoms with Crippen LogP contribution in [0.1, 0.15) is 22.5 Å². The minimum atomic E-state index is -4.02. The highest BCUT2D eigenvalue weighted by molar-refractivity contribution is 9.10. The topological polar surface area (TPSA) is 83.8 Å². The Kier molecular flexibility index (Phi) is 8.40. The van der Waals surface area contributed by atoms with E-state index in [1.54, 1.807) is 42.6 Å². The highest BCUT2D eigenvalue weighted by atomic mass is 79.9. The van der Waals surface area contributed by atoms with Gasteiger partial charge in [0.05, 0.1) is 16.8 Å². The second kappa shape index (κ2) is 11.6. The molecule has 0 fully saturated rings. The summed E-state index contributed by atoms with van der Waals surface area (Å²) >= 11 is 9.54. The van der Waals surface area contributed by atoms with Crippen molar-refractivity contribution in [3.63, 3.8) is 0 Å². The van der Waals surface area contributed by atoms with Crippen LogP contribution in [0.2, 0.25) is 5.02 Å². The molecule has 0 spiro atoms. The lowest BCUT2D eigenvalue weighted by atomic mass is 10.2. The van der Waals surface area contributed by atoms with Crippen LogP contribution < -0.4 is 9.73 Å². The molecule has 0 aliphatic heterocycles. The molecule has 0 saturated carbocycles. The summed E-state index contributed by atoms with van der Waals surface area (Å²) < 4.78 is 30.8. The Hall–Kier alpha value is -3.40. The molecule has 10 heteroatoms. The molecular formula is C28H26BrClN4O3S. The molecule has 1 aromatic heterocycles. The summed E-state index contributed by atoms with van der Waals surface area (Å²) in [6.45, 7) is 5.34. The Balaban J connectivity index is 1.56. The van der Waals surface area contributed by atoms with Crippen LogP contribution in [-0.4, -0.2) is 31.7 Å². The van der Waals surface area contributed by atoms with Crippen molar-refractivity contribution in [1.29, 1.82) is 0 Å². The lowest BCUT2D eigenvalue weighted by Crippen LogP contribution is -2.39. The Labute approximate surface area is 235 Å². The van der Waals surface area contributed by atoms with Gasteiger partial charge in [-0.05, 0) is 75.4 Å². The SMILES string of the molecule is Cc1ccc(S(=O)(=O)N(CC(=O)N/N=C\c2cc(C)n(-c3cccc(Cl)c3)c2C)c2cccc(Br)c2)cc1. The van der Waals surface area contributed by atoms with Crippen molar-refractivity contribution < 1.29 is 13.2 Å². The Morgan fingerprint density at radius 3 is 2.42 bits per heavy atom. The maximum absolute atomic E-state index is 13.5. The fourth-order valence-corrected chi connectivity index (χ4v) is 6.04. The Morgan fingerprint density at radius 2 is 1.74 bits per heavy atom. The number of hydrogen-bond donors (Lipinski definition) is 1. The highest BCUT2D eigenvalue weighted by Gasteiger charge is 2.27. The Bertz CT molecular complexity index is 1620. The maximum Gasteiger partial charge on any atom is 0.264 e. The van der Waals surface area contributed by atoms with E-state index >= 15 is 0 Å². The average Bonchev–Trinajstić information content (AvgIpc) is 3.15. The van der Waals surface area contributed by atoms with Crippen LogP contribution in [0.25, 0.3) is 5.69 Å². The molecule has 0 bridgehead atoms. The van der Waals surface area contributed by atoms with Crippen molar-refractivity contribution >= 4 is 55.4 Å². The first kappa shape index (κ1) is 27.6. The van der Waals surface area contributed by atoms with Crippen molar-refractivity contribution in [2.45, 2.75) is 25.7 Å². The third-order valence-electron chi connectivity index (χ3n) is 5.92. The maximum atomic E-state index is 13.5. The predicted molar refractivity (Wildman–Crippen MR) is 156 cm³/mol. The van der Waals surface area contributed by atoms with Crippen molar-refractivity contribution in [3.8, 4) is 5.69 Å². The third kappa shape index (κ3) is 6.18. The molecule has 0 unspecified atom stereocenters. The zero-order valence-corrected chi connectivity index (χ0v) is 24.2. The predicted octanol–water partition coefficient (Wildman–Crippen LogP) is 6.16. The summed E-state index contributed by atoms with van der Waals surface area (Å²) in [7, 11) is -4.02. The van der Waals surface area contributed by atoms with Gasteiger partial charge in [0.25, 0.3) is 15.9 Å². The number of benzene rings is 3. The van der Waals surface area contributed by atoms with Gasteiger partial charge in [-0.15, -0.1) is 0 Å². The van der Waals surface area contributed by atoms with E-state index in [2.05, 4.69) is 26.5 Å². The first-order chi connectivity index (χ1) is 18.1. The van der Waals surface area contributed by atoms with Gasteiger partial charge in [0.1, 0.15) is 6.54 Å². The summed E-state index contributed by atoms with van der Waals surface area (Å²) in [5, 5.41) is 4.74. The van der Waals surface area contributed by atoms with Crippen molar-refractivity contribution in [3.05, 3.63) is 111 Å². The number of hydrazone groups is 1. The second-order valence-corrected chi connectivity index (χ2v) is 12.0. The number of hydrogen-bond acceptors (Lipinski definition) is 4. The van der Waals surface area contributed by atoms with Crippen LogP contribution in [0.15, 0.2) is 93.3 Å². The molecule has 0 radical (unpaired) electrons. The summed E-state index contributed by atoms with van der Waals surface area (Å²) in [5.41, 5.74) is 7.36. The van der Waals surface area contributed by atoms with Gasteiger partial charge in [-0.3, -0.25) is 9.10 Å². The number of anilines is 1. The van der Waals surface area contributed by atoms with Gasteiger partial charge in [0.2, 0.25) is 0 Å². The standard InChI is InChI=1S/C28H26BrClN4O3S/c1-19-10-12-27(13-11-19)38(36,37)33(25-8-4-6-23(29)15-25)18-28(35)32-31-17-22-14-20(2)34(21(22)3)26-9-5-7-24(30)16-26/h4-17H,18H2,1-3H3,(H,32,35)/b31-17-. The number of sulfonamides is 1. The molecule has 4 rings (SSSR count). The molecule has 0 aliphatic rings. The summed E-state index contributed by atoms with van der Waals surface area (Å²) in [6.07, 6.45) is 1.54. The van der Waals surface area contributed by atoms with Gasteiger partial charge < -0.3 is 4.57 Å². The number of rotatable bonds is 8. The number of nitrogens with zero attached hydrogens (tertiary/aromatic N) is 3.